The molecule has 1 heterocycles. The number of nitrogens with zero attached hydrogens (tertiary/aromatic N) is 4. The van der Waals surface area contributed by atoms with Crippen molar-refractivity contribution in [1.29, 1.82) is 5.26 Å². The maximum Gasteiger partial charge on any atom is 0.252 e. The summed E-state index contributed by atoms with van der Waals surface area (Å²) in [6.07, 6.45) is 1.32. The quantitative estimate of drug-likeness (QED) is 0.777. The molecule has 6 nitrogen and oxygen atoms in total. The minimum absolute atomic E-state index is 0.00712. The van der Waals surface area contributed by atoms with E-state index in [4.69, 9.17) is 15.7 Å². The molecule has 1 aromatic carbocycles. The van der Waals surface area contributed by atoms with Crippen molar-refractivity contribution < 1.29 is 9.13 Å². The van der Waals surface area contributed by atoms with Gasteiger partial charge in [-0.15, -0.1) is 5.10 Å². The van der Waals surface area contributed by atoms with Gasteiger partial charge in [-0.1, -0.05) is 0 Å². The highest BCUT2D eigenvalue weighted by Crippen LogP contribution is 2.26. The van der Waals surface area contributed by atoms with E-state index in [1.165, 1.54) is 24.2 Å². The van der Waals surface area contributed by atoms with Gasteiger partial charge in [-0.05, 0) is 0 Å². The first-order valence-electron chi connectivity index (χ1n) is 4.61. The van der Waals surface area contributed by atoms with Gasteiger partial charge in [0.05, 0.1) is 18.5 Å². The molecule has 2 rings (SSSR count). The SMILES string of the molecule is COc1cc(-n2cnc(C#N)n2)c(N)cc1F. The van der Waals surface area contributed by atoms with Gasteiger partial charge in [-0.2, -0.15) is 5.26 Å². The number of nitriles is 1. The van der Waals surface area contributed by atoms with Crippen molar-refractivity contribution in [3.05, 3.63) is 30.1 Å². The third-order valence-corrected chi connectivity index (χ3v) is 2.14. The molecule has 0 aliphatic heterocycles. The van der Waals surface area contributed by atoms with Crippen LogP contribution in [0.2, 0.25) is 0 Å². The fourth-order valence-corrected chi connectivity index (χ4v) is 1.34. The number of anilines is 1. The standard InChI is InChI=1S/C10H8FN5O/c1-17-9-3-8(7(13)2-6(9)11)16-5-14-10(4-12)15-16/h2-3,5H,13H2,1H3. The van der Waals surface area contributed by atoms with Crippen molar-refractivity contribution in [2.24, 2.45) is 0 Å². The van der Waals surface area contributed by atoms with E-state index in [1.807, 2.05) is 0 Å². The Kier molecular flexibility index (Phi) is 2.62. The Morgan fingerprint density at radius 2 is 2.29 bits per heavy atom. The van der Waals surface area contributed by atoms with Crippen LogP contribution in [-0.4, -0.2) is 21.9 Å². The van der Waals surface area contributed by atoms with Crippen LogP contribution in [0.1, 0.15) is 5.82 Å². The van der Waals surface area contributed by atoms with Crippen molar-refractivity contribution in [3.63, 3.8) is 0 Å². The maximum atomic E-state index is 13.3. The van der Waals surface area contributed by atoms with E-state index < -0.39 is 5.82 Å². The fourth-order valence-electron chi connectivity index (χ4n) is 1.34. The Bertz CT molecular complexity index is 601. The number of rotatable bonds is 2. The molecule has 0 bridgehead atoms. The molecule has 17 heavy (non-hydrogen) atoms. The molecular weight excluding hydrogens is 225 g/mol. The molecule has 0 aliphatic rings. The molecule has 86 valence electrons. The molecule has 0 aliphatic carbocycles. The second-order valence-electron chi connectivity index (χ2n) is 3.17. The normalized spacial score (nSPS) is 9.94. The van der Waals surface area contributed by atoms with Gasteiger partial charge >= 0.3 is 0 Å². The molecule has 0 fully saturated rings. The van der Waals surface area contributed by atoms with Crippen LogP contribution in [-0.2, 0) is 0 Å². The van der Waals surface area contributed by atoms with E-state index in [0.717, 1.165) is 6.07 Å². The predicted octanol–water partition coefficient (Wildman–Crippen LogP) is 0.869. The second kappa shape index (κ2) is 4.09. The number of hydrogen-bond acceptors (Lipinski definition) is 5. The highest BCUT2D eigenvalue weighted by Gasteiger charge is 2.11. The summed E-state index contributed by atoms with van der Waals surface area (Å²) in [5.74, 6) is -0.509. The third kappa shape index (κ3) is 1.88. The molecule has 0 saturated heterocycles. The second-order valence-corrected chi connectivity index (χ2v) is 3.17. The number of ether oxygens (including phenoxy) is 1. The summed E-state index contributed by atoms with van der Waals surface area (Å²) in [6.45, 7) is 0. The smallest absolute Gasteiger partial charge is 0.252 e. The van der Waals surface area contributed by atoms with E-state index in [1.54, 1.807) is 6.07 Å². The summed E-state index contributed by atoms with van der Waals surface area (Å²) in [7, 11) is 1.35. The number of halogens is 1. The highest BCUT2D eigenvalue weighted by molar-refractivity contribution is 5.60. The van der Waals surface area contributed by atoms with Gasteiger partial charge in [0, 0.05) is 12.1 Å². The van der Waals surface area contributed by atoms with Crippen LogP contribution in [0.25, 0.3) is 5.69 Å². The Morgan fingerprint density at radius 1 is 1.53 bits per heavy atom. The Hall–Kier alpha value is -2.62. The monoisotopic (exact) mass is 233 g/mol. The Labute approximate surface area is 96.1 Å². The van der Waals surface area contributed by atoms with Crippen LogP contribution in [0.5, 0.6) is 5.75 Å². The van der Waals surface area contributed by atoms with E-state index in [0.29, 0.717) is 5.69 Å². The van der Waals surface area contributed by atoms with E-state index >= 15 is 0 Å². The zero-order valence-corrected chi connectivity index (χ0v) is 8.88. The molecule has 0 amide bonds. The van der Waals surface area contributed by atoms with Crippen molar-refractivity contribution in [1.82, 2.24) is 14.8 Å². The van der Waals surface area contributed by atoms with Gasteiger partial charge in [0.15, 0.2) is 11.6 Å². The number of methoxy groups -OCH3 is 1. The van der Waals surface area contributed by atoms with Gasteiger partial charge in [-0.3, -0.25) is 0 Å². The topological polar surface area (TPSA) is 89.8 Å². The van der Waals surface area contributed by atoms with Gasteiger partial charge in [0.2, 0.25) is 0 Å². The molecule has 0 atom stereocenters. The number of aromatic nitrogens is 3. The summed E-state index contributed by atoms with van der Waals surface area (Å²) in [6, 6.07) is 4.30. The molecule has 2 aromatic rings. The maximum absolute atomic E-state index is 13.3. The molecule has 1 aromatic heterocycles. The van der Waals surface area contributed by atoms with Crippen LogP contribution < -0.4 is 10.5 Å². The van der Waals surface area contributed by atoms with E-state index in [9.17, 15) is 4.39 Å². The van der Waals surface area contributed by atoms with Crippen LogP contribution in [0.4, 0.5) is 10.1 Å². The van der Waals surface area contributed by atoms with Crippen LogP contribution in [0, 0.1) is 17.1 Å². The van der Waals surface area contributed by atoms with Gasteiger partial charge in [0.25, 0.3) is 5.82 Å². The number of hydrogen-bond donors (Lipinski definition) is 1. The summed E-state index contributed by atoms with van der Waals surface area (Å²) in [4.78, 5) is 3.73. The molecule has 2 N–H and O–H groups in total. The summed E-state index contributed by atoms with van der Waals surface area (Å²) >= 11 is 0. The highest BCUT2D eigenvalue weighted by atomic mass is 19.1. The lowest BCUT2D eigenvalue weighted by Gasteiger charge is -2.08. The summed E-state index contributed by atoms with van der Waals surface area (Å²) < 4.78 is 19.4. The Morgan fingerprint density at radius 3 is 2.88 bits per heavy atom. The van der Waals surface area contributed by atoms with Crippen LogP contribution in [0.15, 0.2) is 18.5 Å². The molecule has 0 spiro atoms. The largest absolute Gasteiger partial charge is 0.494 e. The van der Waals surface area contributed by atoms with Gasteiger partial charge < -0.3 is 10.5 Å². The zero-order valence-electron chi connectivity index (χ0n) is 8.88. The van der Waals surface area contributed by atoms with Gasteiger partial charge in [-0.25, -0.2) is 14.1 Å². The number of nitrogens with two attached hydrogens (primary N) is 1. The zero-order chi connectivity index (χ0) is 12.4. The van der Waals surface area contributed by atoms with Crippen molar-refractivity contribution in [2.75, 3.05) is 12.8 Å². The molecule has 0 saturated carbocycles. The first-order chi connectivity index (χ1) is 8.15. The average molecular weight is 233 g/mol. The minimum atomic E-state index is -0.561. The third-order valence-electron chi connectivity index (χ3n) is 2.14. The van der Waals surface area contributed by atoms with E-state index in [2.05, 4.69) is 10.1 Å². The summed E-state index contributed by atoms with van der Waals surface area (Å²) in [5, 5.41) is 12.5. The number of benzene rings is 1. The molecule has 0 radical (unpaired) electrons. The van der Waals surface area contributed by atoms with Crippen LogP contribution in [0.3, 0.4) is 0 Å². The van der Waals surface area contributed by atoms with Gasteiger partial charge in [0.1, 0.15) is 12.4 Å². The molecule has 7 heteroatoms. The lowest BCUT2D eigenvalue weighted by atomic mass is 10.2. The number of nitrogen functional groups attached to an aromatic ring is 1. The average Bonchev–Trinajstić information content (AvgIpc) is 2.78. The lowest BCUT2D eigenvalue weighted by Crippen LogP contribution is -2.02. The fraction of sp³-hybridized carbons (Fsp3) is 0.100. The predicted molar refractivity (Wildman–Crippen MR) is 57.0 cm³/mol. The molecular formula is C10H8FN5O. The first kappa shape index (κ1) is 10.9. The van der Waals surface area contributed by atoms with Crippen molar-refractivity contribution >= 4 is 5.69 Å². The summed E-state index contributed by atoms with van der Waals surface area (Å²) in [5.41, 5.74) is 6.24. The minimum Gasteiger partial charge on any atom is -0.494 e. The first-order valence-corrected chi connectivity index (χ1v) is 4.61. The van der Waals surface area contributed by atoms with Crippen molar-refractivity contribution in [2.45, 2.75) is 0 Å². The van der Waals surface area contributed by atoms with Crippen molar-refractivity contribution in [3.8, 4) is 17.5 Å². The van der Waals surface area contributed by atoms with E-state index in [-0.39, 0.29) is 17.3 Å². The molecule has 0 unspecified atom stereocenters. The lowest BCUT2D eigenvalue weighted by molar-refractivity contribution is 0.386. The Balaban J connectivity index is 2.55. The van der Waals surface area contributed by atoms with Crippen LogP contribution >= 0.6 is 0 Å².